The van der Waals surface area contributed by atoms with Gasteiger partial charge in [0.2, 0.25) is 5.88 Å². The number of pyridine rings is 1. The number of amides is 1. The minimum atomic E-state index is -0.377. The molecule has 1 fully saturated rings. The van der Waals surface area contributed by atoms with Gasteiger partial charge in [0, 0.05) is 18.8 Å². The Hall–Kier alpha value is -1.99. The summed E-state index contributed by atoms with van der Waals surface area (Å²) in [5.74, 6) is -0.0300. The summed E-state index contributed by atoms with van der Waals surface area (Å²) in [5.41, 5.74) is 0.347. The quantitative estimate of drug-likeness (QED) is 0.836. The topological polar surface area (TPSA) is 63.2 Å². The predicted octanol–water partition coefficient (Wildman–Crippen LogP) is 3.26. The van der Waals surface area contributed by atoms with Crippen LogP contribution >= 0.6 is 15.9 Å². The number of hydrogen-bond acceptors (Lipinski definition) is 4. The minimum absolute atomic E-state index is 0.0943. The fraction of sp³-hybridized carbons (Fsp3) is 0.294. The van der Waals surface area contributed by atoms with E-state index in [0.29, 0.717) is 15.8 Å². The second-order valence-electron chi connectivity index (χ2n) is 5.55. The van der Waals surface area contributed by atoms with Crippen molar-refractivity contribution >= 4 is 21.8 Å². The van der Waals surface area contributed by atoms with Crippen molar-refractivity contribution in [1.82, 2.24) is 15.6 Å². The van der Waals surface area contributed by atoms with Crippen LogP contribution in [0.4, 0.5) is 4.39 Å². The standard InChI is InChI=1S/C17H17BrFN3O2/c18-14-9-11(19)5-6-15(14)24-17-13(4-2-8-21-17)16(23)22-12-3-1-7-20-10-12/h2,4-6,8-9,12,20H,1,3,7,10H2,(H,22,23)/t12-/m0/s1. The van der Waals surface area contributed by atoms with Gasteiger partial charge in [-0.05, 0) is 65.6 Å². The lowest BCUT2D eigenvalue weighted by Gasteiger charge is -2.24. The summed E-state index contributed by atoms with van der Waals surface area (Å²) in [5, 5.41) is 6.25. The molecule has 126 valence electrons. The molecule has 1 atom stereocenters. The molecular formula is C17H17BrFN3O2. The fourth-order valence-corrected chi connectivity index (χ4v) is 2.98. The van der Waals surface area contributed by atoms with E-state index >= 15 is 0 Å². The van der Waals surface area contributed by atoms with Gasteiger partial charge in [-0.2, -0.15) is 0 Å². The normalized spacial score (nSPS) is 17.3. The van der Waals surface area contributed by atoms with Gasteiger partial charge in [0.05, 0.1) is 4.47 Å². The second-order valence-corrected chi connectivity index (χ2v) is 6.40. The van der Waals surface area contributed by atoms with Crippen LogP contribution in [0.2, 0.25) is 0 Å². The molecule has 1 aromatic carbocycles. The largest absolute Gasteiger partial charge is 0.437 e. The molecule has 0 aliphatic carbocycles. The van der Waals surface area contributed by atoms with Crippen molar-refractivity contribution in [2.24, 2.45) is 0 Å². The van der Waals surface area contributed by atoms with Crippen LogP contribution < -0.4 is 15.4 Å². The van der Waals surface area contributed by atoms with E-state index < -0.39 is 0 Å². The van der Waals surface area contributed by atoms with Gasteiger partial charge < -0.3 is 15.4 Å². The molecule has 1 aliphatic rings. The first-order chi connectivity index (χ1) is 11.6. The highest BCUT2D eigenvalue weighted by atomic mass is 79.9. The molecule has 1 saturated heterocycles. The number of rotatable bonds is 4. The van der Waals surface area contributed by atoms with E-state index in [2.05, 4.69) is 31.5 Å². The van der Waals surface area contributed by atoms with Crippen LogP contribution in [0.1, 0.15) is 23.2 Å². The molecule has 3 rings (SSSR count). The summed E-state index contributed by atoms with van der Waals surface area (Å²) in [4.78, 5) is 16.7. The van der Waals surface area contributed by atoms with Crippen LogP contribution in [0.5, 0.6) is 11.6 Å². The number of carbonyl (C=O) groups is 1. The molecule has 0 bridgehead atoms. The lowest BCUT2D eigenvalue weighted by atomic mass is 10.1. The lowest BCUT2D eigenvalue weighted by Crippen LogP contribution is -2.45. The number of nitrogens with zero attached hydrogens (tertiary/aromatic N) is 1. The number of halogens is 2. The van der Waals surface area contributed by atoms with Crippen molar-refractivity contribution < 1.29 is 13.9 Å². The Kier molecular flexibility index (Phi) is 5.42. The zero-order valence-electron chi connectivity index (χ0n) is 12.9. The molecule has 2 N–H and O–H groups in total. The van der Waals surface area contributed by atoms with Crippen LogP contribution in [0.3, 0.4) is 0 Å². The fourth-order valence-electron chi connectivity index (χ4n) is 2.55. The Bertz CT molecular complexity index is 736. The van der Waals surface area contributed by atoms with Crippen molar-refractivity contribution in [2.75, 3.05) is 13.1 Å². The van der Waals surface area contributed by atoms with Crippen LogP contribution in [0.25, 0.3) is 0 Å². The minimum Gasteiger partial charge on any atom is -0.437 e. The van der Waals surface area contributed by atoms with Gasteiger partial charge in [-0.15, -0.1) is 0 Å². The van der Waals surface area contributed by atoms with Gasteiger partial charge in [-0.25, -0.2) is 9.37 Å². The molecule has 0 saturated carbocycles. The number of ether oxygens (including phenoxy) is 1. The molecule has 2 heterocycles. The molecular weight excluding hydrogens is 377 g/mol. The van der Waals surface area contributed by atoms with E-state index in [9.17, 15) is 9.18 Å². The summed E-state index contributed by atoms with van der Waals surface area (Å²) in [7, 11) is 0. The first kappa shape index (κ1) is 16.9. The Labute approximate surface area is 147 Å². The highest BCUT2D eigenvalue weighted by molar-refractivity contribution is 9.10. The third kappa shape index (κ3) is 4.10. The first-order valence-electron chi connectivity index (χ1n) is 7.73. The van der Waals surface area contributed by atoms with Crippen molar-refractivity contribution in [3.63, 3.8) is 0 Å². The van der Waals surface area contributed by atoms with E-state index in [0.717, 1.165) is 25.9 Å². The average molecular weight is 394 g/mol. The average Bonchev–Trinajstić information content (AvgIpc) is 2.59. The molecule has 1 aliphatic heterocycles. The molecule has 24 heavy (non-hydrogen) atoms. The molecule has 7 heteroatoms. The SMILES string of the molecule is O=C(N[C@H]1CCCNC1)c1cccnc1Oc1ccc(F)cc1Br. The highest BCUT2D eigenvalue weighted by Gasteiger charge is 2.20. The molecule has 1 aromatic heterocycles. The predicted molar refractivity (Wildman–Crippen MR) is 91.8 cm³/mol. The monoisotopic (exact) mass is 393 g/mol. The third-order valence-electron chi connectivity index (χ3n) is 3.75. The van der Waals surface area contributed by atoms with Gasteiger partial charge in [-0.1, -0.05) is 0 Å². The van der Waals surface area contributed by atoms with Gasteiger partial charge in [0.1, 0.15) is 17.1 Å². The van der Waals surface area contributed by atoms with E-state index in [4.69, 9.17) is 4.74 Å². The van der Waals surface area contributed by atoms with E-state index in [1.165, 1.54) is 18.2 Å². The molecule has 2 aromatic rings. The maximum atomic E-state index is 13.2. The van der Waals surface area contributed by atoms with Crippen molar-refractivity contribution in [3.05, 3.63) is 52.4 Å². The summed E-state index contributed by atoms with van der Waals surface area (Å²) in [6.45, 7) is 1.73. The van der Waals surface area contributed by atoms with Gasteiger partial charge >= 0.3 is 0 Å². The smallest absolute Gasteiger partial charge is 0.257 e. The molecule has 1 amide bonds. The van der Waals surface area contributed by atoms with Crippen molar-refractivity contribution in [2.45, 2.75) is 18.9 Å². The van der Waals surface area contributed by atoms with Crippen LogP contribution in [0, 0.1) is 5.82 Å². The molecule has 0 radical (unpaired) electrons. The highest BCUT2D eigenvalue weighted by Crippen LogP contribution is 2.30. The number of nitrogens with one attached hydrogen (secondary N) is 2. The Morgan fingerprint density at radius 3 is 3.04 bits per heavy atom. The van der Waals surface area contributed by atoms with Crippen LogP contribution in [-0.4, -0.2) is 30.0 Å². The summed E-state index contributed by atoms with van der Waals surface area (Å²) in [6.07, 6.45) is 3.52. The molecule has 0 spiro atoms. The maximum Gasteiger partial charge on any atom is 0.257 e. The molecule has 5 nitrogen and oxygen atoms in total. The van der Waals surface area contributed by atoms with Crippen LogP contribution in [0.15, 0.2) is 41.0 Å². The van der Waals surface area contributed by atoms with E-state index in [1.54, 1.807) is 18.3 Å². The second kappa shape index (κ2) is 7.72. The number of piperidine rings is 1. The summed E-state index contributed by atoms with van der Waals surface area (Å²) < 4.78 is 19.3. The molecule has 0 unspecified atom stereocenters. The lowest BCUT2D eigenvalue weighted by molar-refractivity contribution is 0.0927. The van der Waals surface area contributed by atoms with E-state index in [1.807, 2.05) is 0 Å². The van der Waals surface area contributed by atoms with Crippen molar-refractivity contribution in [3.8, 4) is 11.6 Å². The first-order valence-corrected chi connectivity index (χ1v) is 8.52. The Morgan fingerprint density at radius 1 is 1.42 bits per heavy atom. The summed E-state index contributed by atoms with van der Waals surface area (Å²) >= 11 is 3.24. The number of hydrogen-bond donors (Lipinski definition) is 2. The number of carbonyl (C=O) groups excluding carboxylic acids is 1. The van der Waals surface area contributed by atoms with Crippen LogP contribution in [-0.2, 0) is 0 Å². The Morgan fingerprint density at radius 2 is 2.29 bits per heavy atom. The zero-order valence-corrected chi connectivity index (χ0v) is 14.5. The zero-order chi connectivity index (χ0) is 16.9. The maximum absolute atomic E-state index is 13.2. The van der Waals surface area contributed by atoms with Crippen molar-refractivity contribution in [1.29, 1.82) is 0 Å². The van der Waals surface area contributed by atoms with Gasteiger partial charge in [0.15, 0.2) is 0 Å². The third-order valence-corrected chi connectivity index (χ3v) is 4.37. The summed E-state index contributed by atoms with van der Waals surface area (Å²) in [6, 6.07) is 7.51. The Balaban J connectivity index is 1.78. The number of aromatic nitrogens is 1. The van der Waals surface area contributed by atoms with Gasteiger partial charge in [0.25, 0.3) is 5.91 Å². The van der Waals surface area contributed by atoms with Gasteiger partial charge in [-0.3, -0.25) is 4.79 Å². The van der Waals surface area contributed by atoms with E-state index in [-0.39, 0.29) is 23.6 Å². The number of benzene rings is 1.